The molecule has 0 spiro atoms. The lowest BCUT2D eigenvalue weighted by Gasteiger charge is -2.07. The van der Waals surface area contributed by atoms with Gasteiger partial charge in [0.05, 0.1) is 5.56 Å². The minimum absolute atomic E-state index is 0.785. The third-order valence-electron chi connectivity index (χ3n) is 3.93. The highest BCUT2D eigenvalue weighted by Crippen LogP contribution is 2.37. The summed E-state index contributed by atoms with van der Waals surface area (Å²) in [5, 5.41) is 14.1. The molecule has 108 valence electrons. The van der Waals surface area contributed by atoms with Gasteiger partial charge in [0.2, 0.25) is 0 Å². The van der Waals surface area contributed by atoms with Crippen LogP contribution in [0.2, 0.25) is 0 Å². The number of nitriles is 1. The minimum atomic E-state index is 0.785. The Morgan fingerprint density at radius 1 is 1.19 bits per heavy atom. The van der Waals surface area contributed by atoms with E-state index in [1.165, 1.54) is 38.8 Å². The van der Waals surface area contributed by atoms with Crippen LogP contribution in [0.5, 0.6) is 0 Å². The van der Waals surface area contributed by atoms with Crippen molar-refractivity contribution >= 4 is 38.9 Å². The number of anilines is 1. The first-order valence-corrected chi connectivity index (χ1v) is 9.21. The lowest BCUT2D eigenvalue weighted by molar-refractivity contribution is 0.712. The zero-order chi connectivity index (χ0) is 14.7. The molecule has 1 heterocycles. The van der Waals surface area contributed by atoms with E-state index in [9.17, 15) is 5.26 Å². The van der Waals surface area contributed by atoms with Crippen molar-refractivity contribution < 1.29 is 0 Å². The van der Waals surface area contributed by atoms with Crippen molar-refractivity contribution in [1.82, 2.24) is 0 Å². The van der Waals surface area contributed by atoms with Gasteiger partial charge in [0.1, 0.15) is 11.1 Å². The van der Waals surface area contributed by atoms with Crippen molar-refractivity contribution in [2.24, 2.45) is 0 Å². The maximum Gasteiger partial charge on any atom is 0.107 e. The summed E-state index contributed by atoms with van der Waals surface area (Å²) < 4.78 is 1.26. The van der Waals surface area contributed by atoms with Gasteiger partial charge in [0.25, 0.3) is 0 Å². The molecule has 1 aromatic carbocycles. The minimum Gasteiger partial charge on any atom is -0.372 e. The van der Waals surface area contributed by atoms with E-state index in [0.29, 0.717) is 0 Å². The van der Waals surface area contributed by atoms with E-state index in [1.807, 2.05) is 0 Å². The predicted molar refractivity (Wildman–Crippen MR) is 96.8 cm³/mol. The van der Waals surface area contributed by atoms with Gasteiger partial charge in [-0.3, -0.25) is 0 Å². The van der Waals surface area contributed by atoms with Crippen LogP contribution >= 0.6 is 33.9 Å². The maximum atomic E-state index is 9.52. The topological polar surface area (TPSA) is 35.8 Å². The molecule has 3 rings (SSSR count). The number of hydrogen-bond acceptors (Lipinski definition) is 3. The summed E-state index contributed by atoms with van der Waals surface area (Å²) in [5.74, 6) is 0. The van der Waals surface area contributed by atoms with E-state index in [-0.39, 0.29) is 0 Å². The molecule has 1 aliphatic carbocycles. The van der Waals surface area contributed by atoms with Gasteiger partial charge in [-0.2, -0.15) is 5.26 Å². The van der Waals surface area contributed by atoms with Crippen LogP contribution in [-0.4, -0.2) is 0 Å². The predicted octanol–water partition coefficient (Wildman–Crippen LogP) is 5.11. The summed E-state index contributed by atoms with van der Waals surface area (Å²) >= 11 is 4.15. The largest absolute Gasteiger partial charge is 0.372 e. The van der Waals surface area contributed by atoms with E-state index in [2.05, 4.69) is 58.2 Å². The number of nitrogens with one attached hydrogen (secondary N) is 1. The van der Waals surface area contributed by atoms with Gasteiger partial charge in [-0.25, -0.2) is 0 Å². The van der Waals surface area contributed by atoms with Gasteiger partial charge in [0.15, 0.2) is 0 Å². The van der Waals surface area contributed by atoms with Crippen LogP contribution in [0.25, 0.3) is 0 Å². The van der Waals surface area contributed by atoms with Crippen LogP contribution in [0.4, 0.5) is 5.00 Å². The Kier molecular flexibility index (Phi) is 4.81. The summed E-state index contributed by atoms with van der Waals surface area (Å²) in [4.78, 5) is 1.43. The Labute approximate surface area is 143 Å². The molecule has 4 heteroatoms. The molecular formula is C17H17IN2S. The standard InChI is InChI=1S/C17H17IN2S/c18-15-8-5-4-6-12(15)11-20-17-14(10-19)13-7-2-1-3-9-16(13)21-17/h4-6,8,20H,1-3,7,9,11H2. The molecule has 0 saturated carbocycles. The van der Waals surface area contributed by atoms with Crippen LogP contribution in [-0.2, 0) is 19.4 Å². The first-order chi connectivity index (χ1) is 10.3. The highest BCUT2D eigenvalue weighted by Gasteiger charge is 2.19. The molecule has 0 aliphatic heterocycles. The van der Waals surface area contributed by atoms with Gasteiger partial charge in [-0.1, -0.05) is 24.6 Å². The Hall–Kier alpha value is -1.06. The number of benzene rings is 1. The molecule has 2 nitrogen and oxygen atoms in total. The van der Waals surface area contributed by atoms with Crippen molar-refractivity contribution in [2.45, 2.75) is 38.6 Å². The van der Waals surface area contributed by atoms with Crippen LogP contribution in [0.15, 0.2) is 24.3 Å². The molecule has 0 unspecified atom stereocenters. The molecule has 0 atom stereocenters. The summed E-state index contributed by atoms with van der Waals surface area (Å²) in [6.45, 7) is 0.785. The molecule has 0 fully saturated rings. The van der Waals surface area contributed by atoms with Gasteiger partial charge in [-0.05, 0) is 65.5 Å². The number of hydrogen-bond donors (Lipinski definition) is 1. The molecule has 1 N–H and O–H groups in total. The Balaban J connectivity index is 1.83. The molecule has 2 aromatic rings. The van der Waals surface area contributed by atoms with Crippen LogP contribution < -0.4 is 5.32 Å². The fourth-order valence-electron chi connectivity index (χ4n) is 2.80. The monoisotopic (exact) mass is 408 g/mol. The highest BCUT2D eigenvalue weighted by molar-refractivity contribution is 14.1. The Bertz CT molecular complexity index is 685. The SMILES string of the molecule is N#Cc1c(NCc2ccccc2I)sc2c1CCCCC2. The quantitative estimate of drug-likeness (QED) is 0.566. The fourth-order valence-corrected chi connectivity index (χ4v) is 4.62. The van der Waals surface area contributed by atoms with E-state index < -0.39 is 0 Å². The van der Waals surface area contributed by atoms with E-state index in [4.69, 9.17) is 0 Å². The lowest BCUT2D eigenvalue weighted by Crippen LogP contribution is -2.01. The summed E-state index contributed by atoms with van der Waals surface area (Å²) in [6.07, 6.45) is 5.97. The zero-order valence-electron chi connectivity index (χ0n) is 11.8. The molecular weight excluding hydrogens is 391 g/mol. The van der Waals surface area contributed by atoms with Gasteiger partial charge in [-0.15, -0.1) is 11.3 Å². The molecule has 1 aromatic heterocycles. The van der Waals surface area contributed by atoms with Crippen molar-refractivity contribution in [1.29, 1.82) is 5.26 Å². The molecule has 0 radical (unpaired) electrons. The first-order valence-electron chi connectivity index (χ1n) is 7.31. The second kappa shape index (κ2) is 6.80. The van der Waals surface area contributed by atoms with Crippen molar-refractivity contribution in [3.05, 3.63) is 49.4 Å². The van der Waals surface area contributed by atoms with Crippen molar-refractivity contribution in [3.8, 4) is 6.07 Å². The Morgan fingerprint density at radius 2 is 2.00 bits per heavy atom. The maximum absolute atomic E-state index is 9.52. The smallest absolute Gasteiger partial charge is 0.107 e. The molecule has 0 bridgehead atoms. The number of halogens is 1. The molecule has 1 aliphatic rings. The van der Waals surface area contributed by atoms with E-state index in [0.717, 1.165) is 30.0 Å². The van der Waals surface area contributed by atoms with Crippen LogP contribution in [0, 0.1) is 14.9 Å². The summed E-state index contributed by atoms with van der Waals surface area (Å²) in [5.41, 5.74) is 3.48. The Morgan fingerprint density at radius 3 is 2.81 bits per heavy atom. The number of aryl methyl sites for hydroxylation is 1. The fraction of sp³-hybridized carbons (Fsp3) is 0.353. The third kappa shape index (κ3) is 3.24. The number of fused-ring (bicyclic) bond motifs is 1. The average Bonchev–Trinajstić information content (AvgIpc) is 2.66. The van der Waals surface area contributed by atoms with Crippen LogP contribution in [0.3, 0.4) is 0 Å². The van der Waals surface area contributed by atoms with Gasteiger partial charge < -0.3 is 5.32 Å². The number of thiophene rings is 1. The van der Waals surface area contributed by atoms with Crippen LogP contribution in [0.1, 0.15) is 40.8 Å². The number of nitrogens with zero attached hydrogens (tertiary/aromatic N) is 1. The molecule has 0 saturated heterocycles. The van der Waals surface area contributed by atoms with Crippen molar-refractivity contribution in [3.63, 3.8) is 0 Å². The van der Waals surface area contributed by atoms with E-state index in [1.54, 1.807) is 11.3 Å². The molecule has 21 heavy (non-hydrogen) atoms. The van der Waals surface area contributed by atoms with Gasteiger partial charge >= 0.3 is 0 Å². The summed E-state index contributed by atoms with van der Waals surface area (Å²) in [6, 6.07) is 10.8. The zero-order valence-corrected chi connectivity index (χ0v) is 14.8. The second-order valence-electron chi connectivity index (χ2n) is 5.33. The molecule has 0 amide bonds. The highest BCUT2D eigenvalue weighted by atomic mass is 127. The average molecular weight is 408 g/mol. The normalized spacial score (nSPS) is 14.1. The van der Waals surface area contributed by atoms with E-state index >= 15 is 0 Å². The second-order valence-corrected chi connectivity index (χ2v) is 7.59. The summed E-state index contributed by atoms with van der Waals surface area (Å²) in [7, 11) is 0. The number of rotatable bonds is 3. The third-order valence-corrected chi connectivity index (χ3v) is 6.23. The lowest BCUT2D eigenvalue weighted by atomic mass is 10.1. The first kappa shape index (κ1) is 14.9. The van der Waals surface area contributed by atoms with Crippen molar-refractivity contribution in [2.75, 3.05) is 5.32 Å². The van der Waals surface area contributed by atoms with Gasteiger partial charge in [0, 0.05) is 15.0 Å².